The summed E-state index contributed by atoms with van der Waals surface area (Å²) in [5, 5.41) is 0. The molecule has 0 aliphatic carbocycles. The molecule has 0 spiro atoms. The van der Waals surface area contributed by atoms with Gasteiger partial charge in [-0.05, 0) is 41.5 Å². The first kappa shape index (κ1) is 18.0. The molecule has 0 aromatic rings. The van der Waals surface area contributed by atoms with Gasteiger partial charge in [0.15, 0.2) is 0 Å². The Morgan fingerprint density at radius 2 is 1.75 bits per heavy atom. The van der Waals surface area contributed by atoms with Crippen LogP contribution in [0.2, 0.25) is 0 Å². The lowest BCUT2D eigenvalue weighted by Crippen LogP contribution is -2.40. The Morgan fingerprint density at radius 1 is 1.19 bits per heavy atom. The van der Waals surface area contributed by atoms with Crippen molar-refractivity contribution in [3.63, 3.8) is 0 Å². The molecule has 0 N–H and O–H groups in total. The molecule has 98 valence electrons. The lowest BCUT2D eigenvalue weighted by atomic mass is 10.3. The minimum absolute atomic E-state index is 0.495. The second-order valence-electron chi connectivity index (χ2n) is 4.31. The number of allylic oxidation sites excluding steroid dienone is 2. The fraction of sp³-hybridized carbons (Fsp3) is 0.846. The third-order valence-electron chi connectivity index (χ3n) is 2.14. The quantitative estimate of drug-likeness (QED) is 0.650. The molecular formula is C13H30N2O. The molecule has 0 fully saturated rings. The van der Waals surface area contributed by atoms with Crippen molar-refractivity contribution in [2.24, 2.45) is 0 Å². The minimum atomic E-state index is 0.495. The van der Waals surface area contributed by atoms with Crippen molar-refractivity contribution in [1.29, 1.82) is 0 Å². The predicted molar refractivity (Wildman–Crippen MR) is 73.0 cm³/mol. The number of hydrogen-bond donors (Lipinski definition) is 0. The van der Waals surface area contributed by atoms with Crippen LogP contribution in [0.4, 0.5) is 0 Å². The van der Waals surface area contributed by atoms with Crippen LogP contribution >= 0.6 is 0 Å². The molecule has 0 aromatic carbocycles. The van der Waals surface area contributed by atoms with Crippen molar-refractivity contribution < 1.29 is 4.74 Å². The summed E-state index contributed by atoms with van der Waals surface area (Å²) >= 11 is 0. The predicted octanol–water partition coefficient (Wildman–Crippen LogP) is 2.10. The zero-order chi connectivity index (χ0) is 13.0. The highest BCUT2D eigenvalue weighted by atomic mass is 16.5. The largest absolute Gasteiger partial charge is 0.383 e. The van der Waals surface area contributed by atoms with Crippen LogP contribution in [0.3, 0.4) is 0 Å². The molecule has 3 nitrogen and oxygen atoms in total. The Bertz CT molecular complexity index is 156. The molecule has 1 unspecified atom stereocenters. The van der Waals surface area contributed by atoms with E-state index in [9.17, 15) is 0 Å². The molecule has 1 atom stereocenters. The van der Waals surface area contributed by atoms with Crippen molar-refractivity contribution in [3.05, 3.63) is 12.2 Å². The normalized spacial score (nSPS) is 13.1. The molecule has 0 radical (unpaired) electrons. The summed E-state index contributed by atoms with van der Waals surface area (Å²) in [6.07, 6.45) is 5.34. The Balaban J connectivity index is 0. The van der Waals surface area contributed by atoms with Gasteiger partial charge in [-0.2, -0.15) is 0 Å². The van der Waals surface area contributed by atoms with Gasteiger partial charge in [0.2, 0.25) is 0 Å². The summed E-state index contributed by atoms with van der Waals surface area (Å²) in [4.78, 5) is 4.35. The summed E-state index contributed by atoms with van der Waals surface area (Å²) < 4.78 is 5.10. The van der Waals surface area contributed by atoms with E-state index in [0.29, 0.717) is 6.04 Å². The standard InChI is InChI=1S/C8H20N2O.C5H10/c1-9(2)6-8(7-11-5)10(3)4;1-3-5-4-2/h8H,6-7H2,1-5H3;3,5H,4H2,1-2H3/b;5-3+. The number of ether oxygens (including phenoxy) is 1. The molecule has 0 heterocycles. The molecule has 0 saturated carbocycles. The maximum absolute atomic E-state index is 5.10. The Morgan fingerprint density at radius 3 is 1.94 bits per heavy atom. The van der Waals surface area contributed by atoms with Gasteiger partial charge in [-0.15, -0.1) is 0 Å². The smallest absolute Gasteiger partial charge is 0.0630 e. The molecule has 0 aliphatic rings. The summed E-state index contributed by atoms with van der Waals surface area (Å²) in [7, 11) is 10.0. The van der Waals surface area contributed by atoms with Crippen LogP contribution in [0.15, 0.2) is 12.2 Å². The van der Waals surface area contributed by atoms with Gasteiger partial charge >= 0.3 is 0 Å². The summed E-state index contributed by atoms with van der Waals surface area (Å²) in [5.41, 5.74) is 0. The van der Waals surface area contributed by atoms with Crippen molar-refractivity contribution >= 4 is 0 Å². The third kappa shape index (κ3) is 13.6. The molecule has 0 bridgehead atoms. The fourth-order valence-electron chi connectivity index (χ4n) is 1.21. The second-order valence-corrected chi connectivity index (χ2v) is 4.31. The highest BCUT2D eigenvalue weighted by Gasteiger charge is 2.10. The van der Waals surface area contributed by atoms with Crippen LogP contribution in [-0.2, 0) is 4.74 Å². The minimum Gasteiger partial charge on any atom is -0.383 e. The average Bonchev–Trinajstić information content (AvgIpc) is 2.18. The molecule has 0 saturated heterocycles. The highest BCUT2D eigenvalue weighted by Crippen LogP contribution is 1.95. The Kier molecular flexibility index (Phi) is 14.3. The van der Waals surface area contributed by atoms with E-state index in [1.807, 2.05) is 6.92 Å². The third-order valence-corrected chi connectivity index (χ3v) is 2.14. The number of hydrogen-bond acceptors (Lipinski definition) is 3. The summed E-state index contributed by atoms with van der Waals surface area (Å²) in [6, 6.07) is 0.495. The monoisotopic (exact) mass is 230 g/mol. The van der Waals surface area contributed by atoms with E-state index in [2.05, 4.69) is 57.1 Å². The van der Waals surface area contributed by atoms with E-state index in [1.54, 1.807) is 7.11 Å². The van der Waals surface area contributed by atoms with Gasteiger partial charge < -0.3 is 14.5 Å². The van der Waals surface area contributed by atoms with Gasteiger partial charge in [0, 0.05) is 19.7 Å². The van der Waals surface area contributed by atoms with Crippen molar-refractivity contribution in [1.82, 2.24) is 9.80 Å². The van der Waals surface area contributed by atoms with Crippen LogP contribution in [0.1, 0.15) is 20.3 Å². The van der Waals surface area contributed by atoms with E-state index in [4.69, 9.17) is 4.74 Å². The van der Waals surface area contributed by atoms with Crippen LogP contribution in [0, 0.1) is 0 Å². The van der Waals surface area contributed by atoms with Gasteiger partial charge in [-0.1, -0.05) is 19.1 Å². The molecule has 0 amide bonds. The molecule has 0 rings (SSSR count). The first-order valence-corrected chi connectivity index (χ1v) is 5.90. The van der Waals surface area contributed by atoms with E-state index in [-0.39, 0.29) is 0 Å². The van der Waals surface area contributed by atoms with E-state index in [0.717, 1.165) is 19.6 Å². The van der Waals surface area contributed by atoms with Crippen LogP contribution in [0.5, 0.6) is 0 Å². The maximum Gasteiger partial charge on any atom is 0.0630 e. The SMILES string of the molecule is C/C=C/CC.COCC(CN(C)C)N(C)C. The van der Waals surface area contributed by atoms with Gasteiger partial charge in [0.05, 0.1) is 6.61 Å². The topological polar surface area (TPSA) is 15.7 Å². The van der Waals surface area contributed by atoms with E-state index >= 15 is 0 Å². The van der Waals surface area contributed by atoms with Gasteiger partial charge in [-0.25, -0.2) is 0 Å². The van der Waals surface area contributed by atoms with Gasteiger partial charge in [0.25, 0.3) is 0 Å². The summed E-state index contributed by atoms with van der Waals surface area (Å²) in [6.45, 7) is 6.00. The zero-order valence-electron chi connectivity index (χ0n) is 12.2. The lowest BCUT2D eigenvalue weighted by Gasteiger charge is -2.26. The van der Waals surface area contributed by atoms with Gasteiger partial charge in [0.1, 0.15) is 0 Å². The van der Waals surface area contributed by atoms with Gasteiger partial charge in [-0.3, -0.25) is 0 Å². The number of nitrogens with zero attached hydrogens (tertiary/aromatic N) is 2. The summed E-state index contributed by atoms with van der Waals surface area (Å²) in [5.74, 6) is 0. The van der Waals surface area contributed by atoms with Crippen molar-refractivity contribution in [2.45, 2.75) is 26.3 Å². The van der Waals surface area contributed by atoms with Crippen LogP contribution < -0.4 is 0 Å². The zero-order valence-corrected chi connectivity index (χ0v) is 12.2. The van der Waals surface area contributed by atoms with Crippen molar-refractivity contribution in [2.75, 3.05) is 48.5 Å². The highest BCUT2D eigenvalue weighted by molar-refractivity contribution is 4.73. The molecule has 16 heavy (non-hydrogen) atoms. The van der Waals surface area contributed by atoms with E-state index < -0.39 is 0 Å². The Hall–Kier alpha value is -0.380. The molecule has 3 heteroatoms. The second kappa shape index (κ2) is 12.7. The Labute approximate surface area is 102 Å². The molecule has 0 aromatic heterocycles. The lowest BCUT2D eigenvalue weighted by molar-refractivity contribution is 0.103. The number of rotatable bonds is 6. The van der Waals surface area contributed by atoms with Crippen LogP contribution in [-0.4, -0.2) is 64.3 Å². The first-order chi connectivity index (χ1) is 7.49. The fourth-order valence-corrected chi connectivity index (χ4v) is 1.21. The van der Waals surface area contributed by atoms with E-state index in [1.165, 1.54) is 0 Å². The maximum atomic E-state index is 5.10. The average molecular weight is 230 g/mol. The van der Waals surface area contributed by atoms with Crippen molar-refractivity contribution in [3.8, 4) is 0 Å². The van der Waals surface area contributed by atoms with Crippen LogP contribution in [0.25, 0.3) is 0 Å². The number of methoxy groups -OCH3 is 1. The molecular weight excluding hydrogens is 200 g/mol. The molecule has 0 aliphatic heterocycles. The first-order valence-electron chi connectivity index (χ1n) is 5.90. The number of likely N-dealkylation sites (N-methyl/N-ethyl adjacent to an activating group) is 2.